The zero-order chi connectivity index (χ0) is 16.5. The summed E-state index contributed by atoms with van der Waals surface area (Å²) in [5, 5.41) is 1.24. The minimum Gasteiger partial charge on any atom is -0.381 e. The van der Waals surface area contributed by atoms with Crippen molar-refractivity contribution in [2.24, 2.45) is 0 Å². The number of rotatable bonds is 2. The first-order valence-corrected chi connectivity index (χ1v) is 8.47. The summed E-state index contributed by atoms with van der Waals surface area (Å²) in [4.78, 5) is 18.0. The molecular formula is C19H17ClN2O2. The van der Waals surface area contributed by atoms with Gasteiger partial charge in [-0.3, -0.25) is 9.36 Å². The summed E-state index contributed by atoms with van der Waals surface area (Å²) in [6.45, 7) is 1.32. The van der Waals surface area contributed by atoms with Crippen LogP contribution in [0.3, 0.4) is 0 Å². The second-order valence-corrected chi connectivity index (χ2v) is 6.36. The van der Waals surface area contributed by atoms with Crippen LogP contribution >= 0.6 is 11.6 Å². The van der Waals surface area contributed by atoms with E-state index in [1.54, 1.807) is 0 Å². The van der Waals surface area contributed by atoms with Crippen molar-refractivity contribution < 1.29 is 4.74 Å². The highest BCUT2D eigenvalue weighted by Gasteiger charge is 2.23. The Kier molecular flexibility index (Phi) is 4.08. The van der Waals surface area contributed by atoms with E-state index in [9.17, 15) is 4.79 Å². The molecule has 4 rings (SSSR count). The minimum absolute atomic E-state index is 0.0116. The lowest BCUT2D eigenvalue weighted by Crippen LogP contribution is -2.31. The molecule has 1 aliphatic heterocycles. The second kappa shape index (κ2) is 6.38. The number of benzene rings is 2. The molecule has 1 aromatic heterocycles. The van der Waals surface area contributed by atoms with Gasteiger partial charge in [-0.1, -0.05) is 35.9 Å². The first-order valence-electron chi connectivity index (χ1n) is 8.09. The first kappa shape index (κ1) is 15.4. The summed E-state index contributed by atoms with van der Waals surface area (Å²) in [5.41, 5.74) is 1.47. The van der Waals surface area contributed by atoms with E-state index < -0.39 is 0 Å². The normalized spacial score (nSPS) is 15.7. The molecule has 0 aliphatic carbocycles. The zero-order valence-corrected chi connectivity index (χ0v) is 13.9. The van der Waals surface area contributed by atoms with E-state index in [0.717, 1.165) is 18.4 Å². The van der Waals surface area contributed by atoms with Gasteiger partial charge in [0.1, 0.15) is 5.82 Å². The zero-order valence-electron chi connectivity index (χ0n) is 13.1. The smallest absolute Gasteiger partial charge is 0.261 e. The third kappa shape index (κ3) is 2.62. The lowest BCUT2D eigenvalue weighted by atomic mass is 10.1. The number of nitrogens with zero attached hydrogens (tertiary/aromatic N) is 2. The van der Waals surface area contributed by atoms with Gasteiger partial charge in [0, 0.05) is 24.8 Å². The maximum atomic E-state index is 13.2. The highest BCUT2D eigenvalue weighted by Crippen LogP contribution is 2.30. The number of hydrogen-bond acceptors (Lipinski definition) is 3. The third-order valence-electron chi connectivity index (χ3n) is 4.48. The summed E-state index contributed by atoms with van der Waals surface area (Å²) in [5.74, 6) is 0.635. The highest BCUT2D eigenvalue weighted by atomic mass is 35.5. The molecule has 0 saturated carbocycles. The predicted octanol–water partition coefficient (Wildman–Crippen LogP) is 4.07. The van der Waals surface area contributed by atoms with Crippen molar-refractivity contribution in [3.63, 3.8) is 0 Å². The molecule has 0 spiro atoms. The van der Waals surface area contributed by atoms with Crippen LogP contribution in [0.4, 0.5) is 0 Å². The molecule has 24 heavy (non-hydrogen) atoms. The van der Waals surface area contributed by atoms with Crippen LogP contribution in [-0.2, 0) is 4.74 Å². The van der Waals surface area contributed by atoms with Gasteiger partial charge in [0.25, 0.3) is 5.56 Å². The highest BCUT2D eigenvalue weighted by molar-refractivity contribution is 6.33. The summed E-state index contributed by atoms with van der Waals surface area (Å²) < 4.78 is 7.27. The molecule has 2 aromatic carbocycles. The monoisotopic (exact) mass is 340 g/mol. The third-order valence-corrected chi connectivity index (χ3v) is 4.81. The van der Waals surface area contributed by atoms with Crippen molar-refractivity contribution in [2.75, 3.05) is 13.2 Å². The van der Waals surface area contributed by atoms with Crippen molar-refractivity contribution in [1.82, 2.24) is 9.55 Å². The maximum absolute atomic E-state index is 13.2. The number of aromatic nitrogens is 2. The molecule has 0 N–H and O–H groups in total. The van der Waals surface area contributed by atoms with Gasteiger partial charge in [0.15, 0.2) is 0 Å². The van der Waals surface area contributed by atoms with E-state index in [1.807, 2.05) is 53.1 Å². The molecule has 4 nitrogen and oxygen atoms in total. The molecule has 1 aliphatic rings. The number of ether oxygens (including phenoxy) is 1. The van der Waals surface area contributed by atoms with E-state index >= 15 is 0 Å². The molecular weight excluding hydrogens is 324 g/mol. The van der Waals surface area contributed by atoms with Crippen LogP contribution in [0, 0.1) is 0 Å². The largest absolute Gasteiger partial charge is 0.381 e. The molecule has 1 saturated heterocycles. The molecule has 0 amide bonds. The van der Waals surface area contributed by atoms with Crippen molar-refractivity contribution in [1.29, 1.82) is 0 Å². The van der Waals surface area contributed by atoms with Crippen LogP contribution < -0.4 is 5.56 Å². The van der Waals surface area contributed by atoms with E-state index in [1.165, 1.54) is 0 Å². The first-order chi connectivity index (χ1) is 11.8. The quantitative estimate of drug-likeness (QED) is 0.706. The molecule has 0 radical (unpaired) electrons. The summed E-state index contributed by atoms with van der Waals surface area (Å²) in [7, 11) is 0. The van der Waals surface area contributed by atoms with Gasteiger partial charge in [0.2, 0.25) is 0 Å². The summed E-state index contributed by atoms with van der Waals surface area (Å²) in [6, 6.07) is 15.1. The Morgan fingerprint density at radius 2 is 1.75 bits per heavy atom. The van der Waals surface area contributed by atoms with E-state index in [4.69, 9.17) is 21.3 Å². The summed E-state index contributed by atoms with van der Waals surface area (Å²) >= 11 is 6.39. The molecule has 1 fully saturated rings. The fourth-order valence-corrected chi connectivity index (χ4v) is 3.48. The Balaban J connectivity index is 2.03. The number of fused-ring (bicyclic) bond motifs is 1. The van der Waals surface area contributed by atoms with Crippen molar-refractivity contribution in [2.45, 2.75) is 18.9 Å². The predicted molar refractivity (Wildman–Crippen MR) is 95.5 cm³/mol. The van der Waals surface area contributed by atoms with Crippen LogP contribution in [0.25, 0.3) is 22.3 Å². The van der Waals surface area contributed by atoms with Crippen LogP contribution in [0.15, 0.2) is 53.3 Å². The Hall–Kier alpha value is -2.17. The molecule has 0 unspecified atom stereocenters. The van der Waals surface area contributed by atoms with Crippen LogP contribution in [0.2, 0.25) is 5.02 Å². The minimum atomic E-state index is -0.0116. The van der Waals surface area contributed by atoms with E-state index in [2.05, 4.69) is 0 Å². The molecule has 122 valence electrons. The lowest BCUT2D eigenvalue weighted by Gasteiger charge is -2.27. The summed E-state index contributed by atoms with van der Waals surface area (Å²) in [6.07, 6.45) is 1.61. The van der Waals surface area contributed by atoms with Gasteiger partial charge < -0.3 is 4.74 Å². The van der Waals surface area contributed by atoms with Crippen molar-refractivity contribution >= 4 is 22.5 Å². The average Bonchev–Trinajstić information content (AvgIpc) is 2.63. The van der Waals surface area contributed by atoms with E-state index in [0.29, 0.717) is 35.0 Å². The van der Waals surface area contributed by atoms with Crippen LogP contribution in [0.5, 0.6) is 0 Å². The number of hydrogen-bond donors (Lipinski definition) is 0. The maximum Gasteiger partial charge on any atom is 0.261 e. The number of para-hydroxylation sites is 1. The van der Waals surface area contributed by atoms with Gasteiger partial charge >= 0.3 is 0 Å². The van der Waals surface area contributed by atoms with Crippen LogP contribution in [0.1, 0.15) is 18.9 Å². The van der Waals surface area contributed by atoms with Crippen molar-refractivity contribution in [3.8, 4) is 11.4 Å². The molecule has 0 bridgehead atoms. The van der Waals surface area contributed by atoms with Gasteiger partial charge in [-0.25, -0.2) is 4.98 Å². The van der Waals surface area contributed by atoms with Gasteiger partial charge in [-0.05, 0) is 37.1 Å². The fraction of sp³-hybridized carbons (Fsp3) is 0.263. The molecule has 2 heterocycles. The lowest BCUT2D eigenvalue weighted by molar-refractivity contribution is 0.0690. The second-order valence-electron chi connectivity index (χ2n) is 5.95. The van der Waals surface area contributed by atoms with Crippen LogP contribution in [-0.4, -0.2) is 22.8 Å². The van der Waals surface area contributed by atoms with Crippen molar-refractivity contribution in [3.05, 3.63) is 63.9 Å². The topological polar surface area (TPSA) is 44.1 Å². The van der Waals surface area contributed by atoms with Gasteiger partial charge in [0.05, 0.1) is 15.9 Å². The SMILES string of the molecule is O=c1c2ccccc2nc(-c2ccccc2Cl)n1C1CCOCC1. The molecule has 0 atom stereocenters. The Bertz CT molecular complexity index is 945. The Morgan fingerprint density at radius 1 is 1.04 bits per heavy atom. The van der Waals surface area contributed by atoms with Gasteiger partial charge in [-0.2, -0.15) is 0 Å². The Labute approximate surface area is 144 Å². The van der Waals surface area contributed by atoms with Gasteiger partial charge in [-0.15, -0.1) is 0 Å². The molecule has 3 aromatic rings. The standard InChI is InChI=1S/C19H17ClN2O2/c20-16-7-3-1-5-14(16)18-21-17-8-4-2-6-15(17)19(23)22(18)13-9-11-24-12-10-13/h1-8,13H,9-12H2. The average molecular weight is 341 g/mol. The molecule has 5 heteroatoms. The number of halogens is 1. The van der Waals surface area contributed by atoms with E-state index in [-0.39, 0.29) is 11.6 Å². The Morgan fingerprint density at radius 3 is 2.54 bits per heavy atom. The fourth-order valence-electron chi connectivity index (χ4n) is 3.26.